The first kappa shape index (κ1) is 37.8. The van der Waals surface area contributed by atoms with Gasteiger partial charge in [0.1, 0.15) is 17.1 Å². The van der Waals surface area contributed by atoms with Gasteiger partial charge in [-0.2, -0.15) is 13.2 Å². The maximum atomic E-state index is 13.7. The Morgan fingerprint density at radius 1 is 0.961 bits per heavy atom. The molecule has 4 aromatic rings. The highest BCUT2D eigenvalue weighted by Gasteiger charge is 2.42. The summed E-state index contributed by atoms with van der Waals surface area (Å²) < 4.78 is 83.7. The molecule has 2 aromatic heterocycles. The lowest BCUT2D eigenvalue weighted by molar-refractivity contribution is -0.274. The molecule has 1 saturated heterocycles. The summed E-state index contributed by atoms with van der Waals surface area (Å²) in [6, 6.07) is 9.16. The smallest absolute Gasteiger partial charge is 0.406 e. The largest absolute Gasteiger partial charge is 0.573 e. The molecular formula is C33H33Cl2F6N7O3. The number of amides is 2. The lowest BCUT2D eigenvalue weighted by atomic mass is 9.95. The molecule has 0 saturated carbocycles. The maximum absolute atomic E-state index is 13.7. The van der Waals surface area contributed by atoms with Crippen LogP contribution in [0.15, 0.2) is 42.5 Å². The van der Waals surface area contributed by atoms with Crippen molar-refractivity contribution in [2.75, 3.05) is 28.6 Å². The third-order valence-electron chi connectivity index (χ3n) is 8.20. The van der Waals surface area contributed by atoms with Crippen molar-refractivity contribution in [2.45, 2.75) is 52.7 Å². The second-order valence-corrected chi connectivity index (χ2v) is 13.8. The number of fused-ring (bicyclic) bond motifs is 1. The molecule has 0 atom stereocenters. The van der Waals surface area contributed by atoms with Crippen LogP contribution in [0, 0.1) is 11.3 Å². The molecule has 3 N–H and O–H groups in total. The van der Waals surface area contributed by atoms with Crippen molar-refractivity contribution in [1.29, 1.82) is 0 Å². The number of halogens is 8. The molecule has 0 spiro atoms. The zero-order valence-corrected chi connectivity index (χ0v) is 29.2. The van der Waals surface area contributed by atoms with Crippen LogP contribution in [0.5, 0.6) is 5.75 Å². The van der Waals surface area contributed by atoms with E-state index < -0.39 is 35.5 Å². The van der Waals surface area contributed by atoms with Crippen LogP contribution in [0.4, 0.5) is 49.5 Å². The summed E-state index contributed by atoms with van der Waals surface area (Å²) in [5.41, 5.74) is 0.831. The standard InChI is InChI=1S/C33H33Cl2F6N7O3/c1-31(2,3)29(50)42-16-17-5-10-22(34)25(24(17)35)45-30-44-23-15-21(28(49)43-19-6-8-20(9-7-19)51-33(39,40)41)26(46-27(23)47(30)4)48-13-11-18(12-14-48)32(36,37)38/h5-10,15,18H,11-14,16H2,1-4H3,(H,42,50)(H,43,49)(H,44,45). The average Bonchev–Trinajstić information content (AvgIpc) is 3.35. The summed E-state index contributed by atoms with van der Waals surface area (Å²) >= 11 is 13.2. The molecule has 0 bridgehead atoms. The van der Waals surface area contributed by atoms with Crippen LogP contribution in [0.1, 0.15) is 49.5 Å². The summed E-state index contributed by atoms with van der Waals surface area (Å²) in [5, 5.41) is 8.99. The Hall–Kier alpha value is -4.44. The number of imidazole rings is 1. The van der Waals surface area contributed by atoms with Crippen LogP contribution < -0.4 is 25.6 Å². The number of aromatic nitrogens is 3. The van der Waals surface area contributed by atoms with Gasteiger partial charge >= 0.3 is 12.5 Å². The van der Waals surface area contributed by atoms with Gasteiger partial charge in [-0.25, -0.2) is 9.97 Å². The van der Waals surface area contributed by atoms with E-state index in [0.717, 1.165) is 12.1 Å². The van der Waals surface area contributed by atoms with Crippen LogP contribution in [0.25, 0.3) is 11.2 Å². The first-order valence-electron chi connectivity index (χ1n) is 15.6. The number of rotatable bonds is 8. The third kappa shape index (κ3) is 8.90. The van der Waals surface area contributed by atoms with Crippen molar-refractivity contribution in [1.82, 2.24) is 19.9 Å². The molecule has 18 heteroatoms. The fourth-order valence-corrected chi connectivity index (χ4v) is 5.91. The van der Waals surface area contributed by atoms with Gasteiger partial charge in [-0.1, -0.05) is 50.0 Å². The molecule has 1 aliphatic heterocycles. The minimum absolute atomic E-state index is 0.0270. The highest BCUT2D eigenvalue weighted by Crippen LogP contribution is 2.38. The number of carbonyl (C=O) groups excluding carboxylic acids is 2. The molecule has 0 radical (unpaired) electrons. The van der Waals surface area contributed by atoms with E-state index in [0.29, 0.717) is 5.56 Å². The van der Waals surface area contributed by atoms with E-state index in [-0.39, 0.29) is 88.3 Å². The van der Waals surface area contributed by atoms with Crippen molar-refractivity contribution < 1.29 is 40.7 Å². The van der Waals surface area contributed by atoms with Crippen LogP contribution >= 0.6 is 23.2 Å². The molecule has 1 fully saturated rings. The van der Waals surface area contributed by atoms with E-state index >= 15 is 0 Å². The Bertz CT molecular complexity index is 1940. The van der Waals surface area contributed by atoms with Crippen LogP contribution in [-0.4, -0.2) is 52.0 Å². The van der Waals surface area contributed by atoms with Crippen molar-refractivity contribution in [3.63, 3.8) is 0 Å². The van der Waals surface area contributed by atoms with Gasteiger partial charge in [-0.05, 0) is 54.8 Å². The fraction of sp³-hybridized carbons (Fsp3) is 0.394. The monoisotopic (exact) mass is 759 g/mol. The Balaban J connectivity index is 1.48. The normalized spacial score (nSPS) is 14.5. The predicted molar refractivity (Wildman–Crippen MR) is 182 cm³/mol. The number of benzene rings is 2. The van der Waals surface area contributed by atoms with E-state index in [9.17, 15) is 35.9 Å². The van der Waals surface area contributed by atoms with E-state index in [1.54, 1.807) is 49.4 Å². The zero-order valence-electron chi connectivity index (χ0n) is 27.7. The zero-order chi connectivity index (χ0) is 37.5. The Morgan fingerprint density at radius 3 is 2.20 bits per heavy atom. The number of carbonyl (C=O) groups is 2. The maximum Gasteiger partial charge on any atom is 0.573 e. The Labute approximate surface area is 298 Å². The van der Waals surface area contributed by atoms with Gasteiger partial charge in [0.25, 0.3) is 5.91 Å². The molecule has 5 rings (SSSR count). The molecule has 0 aliphatic carbocycles. The SMILES string of the molecule is Cn1c(Nc2c(Cl)ccc(CNC(=O)C(C)(C)C)c2Cl)nc2cc(C(=O)Nc3ccc(OC(F)(F)F)cc3)c(N3CCC(C(F)(F)F)CC3)nc21. The number of aryl methyl sites for hydroxylation is 1. The molecule has 2 aromatic carbocycles. The number of hydrogen-bond donors (Lipinski definition) is 3. The highest BCUT2D eigenvalue weighted by atomic mass is 35.5. The number of piperidine rings is 1. The molecule has 274 valence electrons. The highest BCUT2D eigenvalue weighted by molar-refractivity contribution is 6.39. The van der Waals surface area contributed by atoms with Crippen molar-refractivity contribution in [3.8, 4) is 5.75 Å². The Morgan fingerprint density at radius 2 is 1.61 bits per heavy atom. The van der Waals surface area contributed by atoms with Gasteiger partial charge in [0.15, 0.2) is 5.65 Å². The van der Waals surface area contributed by atoms with E-state index in [1.807, 2.05) is 0 Å². The van der Waals surface area contributed by atoms with Crippen LogP contribution in [0.3, 0.4) is 0 Å². The number of nitrogens with zero attached hydrogens (tertiary/aromatic N) is 4. The van der Waals surface area contributed by atoms with Crippen LogP contribution in [-0.2, 0) is 18.4 Å². The molecule has 2 amide bonds. The first-order valence-corrected chi connectivity index (χ1v) is 16.4. The van der Waals surface area contributed by atoms with Crippen molar-refractivity contribution in [3.05, 3.63) is 63.6 Å². The number of anilines is 4. The minimum Gasteiger partial charge on any atom is -0.406 e. The van der Waals surface area contributed by atoms with Crippen molar-refractivity contribution >= 4 is 69.3 Å². The number of hydrogen-bond acceptors (Lipinski definition) is 7. The van der Waals surface area contributed by atoms with Gasteiger partial charge in [0.2, 0.25) is 11.9 Å². The summed E-state index contributed by atoms with van der Waals surface area (Å²) in [4.78, 5) is 36.9. The third-order valence-corrected chi connectivity index (χ3v) is 8.95. The van der Waals surface area contributed by atoms with Crippen LogP contribution in [0.2, 0.25) is 10.0 Å². The van der Waals surface area contributed by atoms with E-state index in [1.165, 1.54) is 18.2 Å². The number of nitrogens with one attached hydrogen (secondary N) is 3. The lowest BCUT2D eigenvalue weighted by Gasteiger charge is -2.34. The minimum atomic E-state index is -4.90. The predicted octanol–water partition coefficient (Wildman–Crippen LogP) is 8.61. The fourth-order valence-electron chi connectivity index (χ4n) is 5.38. The molecular weight excluding hydrogens is 727 g/mol. The average molecular weight is 761 g/mol. The second kappa shape index (κ2) is 14.3. The molecule has 51 heavy (non-hydrogen) atoms. The molecule has 3 heterocycles. The lowest BCUT2D eigenvalue weighted by Crippen LogP contribution is -2.40. The second-order valence-electron chi connectivity index (χ2n) is 13.0. The van der Waals surface area contributed by atoms with Gasteiger partial charge in [0.05, 0.1) is 27.2 Å². The summed E-state index contributed by atoms with van der Waals surface area (Å²) in [6.45, 7) is 5.36. The molecule has 10 nitrogen and oxygen atoms in total. The quantitative estimate of drug-likeness (QED) is 0.154. The summed E-state index contributed by atoms with van der Waals surface area (Å²) in [5.74, 6) is -2.61. The van der Waals surface area contributed by atoms with Gasteiger partial charge < -0.3 is 25.6 Å². The van der Waals surface area contributed by atoms with Gasteiger partial charge in [-0.3, -0.25) is 14.2 Å². The van der Waals surface area contributed by atoms with E-state index in [2.05, 4.69) is 30.7 Å². The first-order chi connectivity index (χ1) is 23.7. The Kier molecular flexibility index (Phi) is 10.6. The molecule has 0 unspecified atom stereocenters. The molecule has 1 aliphatic rings. The van der Waals surface area contributed by atoms with E-state index in [4.69, 9.17) is 23.2 Å². The topological polar surface area (TPSA) is 113 Å². The summed E-state index contributed by atoms with van der Waals surface area (Å²) in [7, 11) is 1.63. The number of alkyl halides is 6. The number of pyridine rings is 1. The van der Waals surface area contributed by atoms with Crippen molar-refractivity contribution in [2.24, 2.45) is 18.4 Å². The van der Waals surface area contributed by atoms with Gasteiger partial charge in [0, 0.05) is 37.8 Å². The number of ether oxygens (including phenoxy) is 1. The summed E-state index contributed by atoms with van der Waals surface area (Å²) in [6.07, 6.45) is -9.70. The van der Waals surface area contributed by atoms with Gasteiger partial charge in [-0.15, -0.1) is 13.2 Å².